The Labute approximate surface area is 101 Å². The van der Waals surface area contributed by atoms with Gasteiger partial charge in [0.1, 0.15) is 6.29 Å². The molecule has 0 saturated carbocycles. The van der Waals surface area contributed by atoms with Crippen LogP contribution in [0.5, 0.6) is 0 Å². The molecular formula is C15H26O. The van der Waals surface area contributed by atoms with E-state index in [1.807, 2.05) is 0 Å². The Morgan fingerprint density at radius 2 is 1.81 bits per heavy atom. The van der Waals surface area contributed by atoms with E-state index in [1.54, 1.807) is 0 Å². The third-order valence-corrected chi connectivity index (χ3v) is 2.84. The van der Waals surface area contributed by atoms with Crippen LogP contribution in [0.1, 0.15) is 59.8 Å². The summed E-state index contributed by atoms with van der Waals surface area (Å²) in [5.41, 5.74) is 2.83. The van der Waals surface area contributed by atoms with Gasteiger partial charge in [0.2, 0.25) is 0 Å². The van der Waals surface area contributed by atoms with Crippen molar-refractivity contribution >= 4 is 6.29 Å². The van der Waals surface area contributed by atoms with E-state index in [1.165, 1.54) is 11.1 Å². The highest BCUT2D eigenvalue weighted by atomic mass is 16.1. The molecule has 0 radical (unpaired) electrons. The van der Waals surface area contributed by atoms with Gasteiger partial charge in [-0.05, 0) is 52.9 Å². The van der Waals surface area contributed by atoms with Gasteiger partial charge in [-0.15, -0.1) is 0 Å². The average Bonchev–Trinajstić information content (AvgIpc) is 2.24. The molecule has 0 aliphatic heterocycles. The Morgan fingerprint density at radius 1 is 1.12 bits per heavy atom. The van der Waals surface area contributed by atoms with Gasteiger partial charge in [0.05, 0.1) is 0 Å². The molecular weight excluding hydrogens is 196 g/mol. The van der Waals surface area contributed by atoms with Crippen molar-refractivity contribution < 1.29 is 4.79 Å². The van der Waals surface area contributed by atoms with E-state index >= 15 is 0 Å². The second-order valence-electron chi connectivity index (χ2n) is 4.75. The van der Waals surface area contributed by atoms with Crippen LogP contribution in [0.3, 0.4) is 0 Å². The van der Waals surface area contributed by atoms with Crippen LogP contribution < -0.4 is 0 Å². The van der Waals surface area contributed by atoms with Gasteiger partial charge in [-0.2, -0.15) is 0 Å². The van der Waals surface area contributed by atoms with Crippen LogP contribution >= 0.6 is 0 Å². The standard InChI is InChI=1S/C15H26O/c1-5-15(12-16)11-7-10-14(4)9-6-8-13(2)3/h8,10,12,15H,5-7,9,11H2,1-4H3/b14-10+. The van der Waals surface area contributed by atoms with Crippen molar-refractivity contribution in [3.63, 3.8) is 0 Å². The Balaban J connectivity index is 3.78. The molecule has 0 heterocycles. The first-order valence-corrected chi connectivity index (χ1v) is 6.34. The predicted molar refractivity (Wildman–Crippen MR) is 71.5 cm³/mol. The molecule has 1 heteroatoms. The maximum absolute atomic E-state index is 10.6. The van der Waals surface area contributed by atoms with Crippen molar-refractivity contribution in [2.24, 2.45) is 5.92 Å². The molecule has 0 bridgehead atoms. The fourth-order valence-electron chi connectivity index (χ4n) is 1.60. The monoisotopic (exact) mass is 222 g/mol. The molecule has 0 aromatic heterocycles. The zero-order valence-electron chi connectivity index (χ0n) is 11.3. The molecule has 0 fully saturated rings. The third-order valence-electron chi connectivity index (χ3n) is 2.84. The lowest BCUT2D eigenvalue weighted by Crippen LogP contribution is -1.98. The topological polar surface area (TPSA) is 17.1 Å². The van der Waals surface area contributed by atoms with E-state index in [9.17, 15) is 4.79 Å². The summed E-state index contributed by atoms with van der Waals surface area (Å²) in [6.45, 7) is 8.52. The highest BCUT2D eigenvalue weighted by molar-refractivity contribution is 5.53. The van der Waals surface area contributed by atoms with E-state index in [-0.39, 0.29) is 5.92 Å². The minimum atomic E-state index is 0.252. The molecule has 0 spiro atoms. The lowest BCUT2D eigenvalue weighted by molar-refractivity contribution is -0.111. The number of rotatable bonds is 8. The largest absolute Gasteiger partial charge is 0.303 e. The Hall–Kier alpha value is -0.850. The van der Waals surface area contributed by atoms with E-state index in [0.717, 1.165) is 38.4 Å². The summed E-state index contributed by atoms with van der Waals surface area (Å²) in [7, 11) is 0. The van der Waals surface area contributed by atoms with Gasteiger partial charge >= 0.3 is 0 Å². The van der Waals surface area contributed by atoms with Crippen molar-refractivity contribution in [3.05, 3.63) is 23.3 Å². The molecule has 0 saturated heterocycles. The fraction of sp³-hybridized carbons (Fsp3) is 0.667. The fourth-order valence-corrected chi connectivity index (χ4v) is 1.60. The number of allylic oxidation sites excluding steroid dienone is 4. The molecule has 0 amide bonds. The van der Waals surface area contributed by atoms with Gasteiger partial charge in [0, 0.05) is 5.92 Å². The van der Waals surface area contributed by atoms with Gasteiger partial charge in [-0.25, -0.2) is 0 Å². The zero-order chi connectivity index (χ0) is 12.4. The lowest BCUT2D eigenvalue weighted by atomic mass is 10.0. The van der Waals surface area contributed by atoms with Crippen molar-refractivity contribution in [3.8, 4) is 0 Å². The second kappa shape index (κ2) is 9.38. The van der Waals surface area contributed by atoms with Crippen LogP contribution in [0.15, 0.2) is 23.3 Å². The molecule has 92 valence electrons. The summed E-state index contributed by atoms with van der Waals surface area (Å²) in [5.74, 6) is 0.252. The van der Waals surface area contributed by atoms with E-state index in [0.29, 0.717) is 0 Å². The molecule has 0 aliphatic rings. The molecule has 16 heavy (non-hydrogen) atoms. The SMILES string of the molecule is CCC(C=O)CC/C=C(\C)CCC=C(C)C. The molecule has 0 N–H and O–H groups in total. The number of carbonyl (C=O) groups is 1. The molecule has 0 rings (SSSR count). The van der Waals surface area contributed by atoms with E-state index in [4.69, 9.17) is 0 Å². The first kappa shape index (κ1) is 15.2. The third kappa shape index (κ3) is 8.46. The second-order valence-corrected chi connectivity index (χ2v) is 4.75. The summed E-state index contributed by atoms with van der Waals surface area (Å²) in [4.78, 5) is 10.6. The molecule has 1 atom stereocenters. The summed E-state index contributed by atoms with van der Waals surface area (Å²) in [6.07, 6.45) is 10.9. The van der Waals surface area contributed by atoms with Crippen molar-refractivity contribution in [1.29, 1.82) is 0 Å². The normalized spacial score (nSPS) is 13.4. The Morgan fingerprint density at radius 3 is 2.31 bits per heavy atom. The first-order chi connectivity index (χ1) is 7.60. The van der Waals surface area contributed by atoms with Crippen LogP contribution in [0.4, 0.5) is 0 Å². The molecule has 0 aromatic rings. The highest BCUT2D eigenvalue weighted by Crippen LogP contribution is 2.12. The molecule has 0 aliphatic carbocycles. The van der Waals surface area contributed by atoms with Crippen LogP contribution in [0, 0.1) is 5.92 Å². The van der Waals surface area contributed by atoms with Gasteiger partial charge in [-0.1, -0.05) is 30.2 Å². The average molecular weight is 222 g/mol. The minimum Gasteiger partial charge on any atom is -0.303 e. The number of aldehydes is 1. The summed E-state index contributed by atoms with van der Waals surface area (Å²) >= 11 is 0. The number of hydrogen-bond acceptors (Lipinski definition) is 1. The summed E-state index contributed by atoms with van der Waals surface area (Å²) < 4.78 is 0. The summed E-state index contributed by atoms with van der Waals surface area (Å²) in [5, 5.41) is 0. The Kier molecular flexibility index (Phi) is 8.88. The van der Waals surface area contributed by atoms with Gasteiger partial charge < -0.3 is 4.79 Å². The van der Waals surface area contributed by atoms with Crippen molar-refractivity contribution in [2.45, 2.75) is 59.8 Å². The number of carbonyl (C=O) groups excluding carboxylic acids is 1. The quantitative estimate of drug-likeness (QED) is 0.430. The first-order valence-electron chi connectivity index (χ1n) is 6.34. The van der Waals surface area contributed by atoms with Crippen LogP contribution in [-0.4, -0.2) is 6.29 Å². The summed E-state index contributed by atoms with van der Waals surface area (Å²) in [6, 6.07) is 0. The highest BCUT2D eigenvalue weighted by Gasteiger charge is 2.01. The van der Waals surface area contributed by atoms with Crippen molar-refractivity contribution in [2.75, 3.05) is 0 Å². The predicted octanol–water partition coefficient (Wildman–Crippen LogP) is 4.68. The molecule has 1 nitrogen and oxygen atoms in total. The van der Waals surface area contributed by atoms with Crippen LogP contribution in [-0.2, 0) is 4.79 Å². The zero-order valence-corrected chi connectivity index (χ0v) is 11.3. The van der Waals surface area contributed by atoms with Gasteiger partial charge in [0.15, 0.2) is 0 Å². The molecule has 0 aromatic carbocycles. The van der Waals surface area contributed by atoms with Gasteiger partial charge in [-0.3, -0.25) is 0 Å². The van der Waals surface area contributed by atoms with E-state index < -0.39 is 0 Å². The number of hydrogen-bond donors (Lipinski definition) is 0. The smallest absolute Gasteiger partial charge is 0.123 e. The van der Waals surface area contributed by atoms with E-state index in [2.05, 4.69) is 39.8 Å². The lowest BCUT2D eigenvalue weighted by Gasteiger charge is -2.04. The molecule has 1 unspecified atom stereocenters. The minimum absolute atomic E-state index is 0.252. The van der Waals surface area contributed by atoms with Gasteiger partial charge in [0.25, 0.3) is 0 Å². The maximum atomic E-state index is 10.6. The van der Waals surface area contributed by atoms with Crippen molar-refractivity contribution in [1.82, 2.24) is 0 Å². The van der Waals surface area contributed by atoms with Crippen LogP contribution in [0.25, 0.3) is 0 Å². The Bertz CT molecular complexity index is 244. The van der Waals surface area contributed by atoms with Crippen LogP contribution in [0.2, 0.25) is 0 Å². The maximum Gasteiger partial charge on any atom is 0.123 e.